The van der Waals surface area contributed by atoms with Gasteiger partial charge in [-0.2, -0.15) is 0 Å². The fourth-order valence-corrected chi connectivity index (χ4v) is 5.64. The average molecular weight is 563 g/mol. The molecule has 6 aromatic carbocycles. The number of para-hydroxylation sites is 4. The van der Waals surface area contributed by atoms with Crippen LogP contribution in [0.3, 0.4) is 0 Å². The first-order valence-corrected chi connectivity index (χ1v) is 14.7. The van der Waals surface area contributed by atoms with Crippen LogP contribution in [0.5, 0.6) is 0 Å². The van der Waals surface area contributed by atoms with Crippen molar-refractivity contribution >= 4 is 22.1 Å². The summed E-state index contributed by atoms with van der Waals surface area (Å²) in [6, 6.07) is 53.7. The molecule has 0 spiro atoms. The molecular formula is C40H26N4. The summed E-state index contributed by atoms with van der Waals surface area (Å²) in [6.45, 7) is 0. The molecule has 44 heavy (non-hydrogen) atoms. The summed E-state index contributed by atoms with van der Waals surface area (Å²) in [5.41, 5.74) is 13.5. The molecule has 0 atom stereocenters. The second-order valence-electron chi connectivity index (χ2n) is 10.7. The van der Waals surface area contributed by atoms with E-state index in [1.807, 2.05) is 84.9 Å². The Labute approximate surface area is 255 Å². The highest BCUT2D eigenvalue weighted by Gasteiger charge is 2.15. The SMILES string of the molecule is c1ccc(-c2nc3ccccc3nc2-c2ccc(-c3ccc(-c4nc5ccccc5nc4-c4ccccc4)cc3)cc2)cc1. The van der Waals surface area contributed by atoms with Crippen molar-refractivity contribution in [2.75, 3.05) is 0 Å². The molecule has 0 aliphatic carbocycles. The van der Waals surface area contributed by atoms with Gasteiger partial charge >= 0.3 is 0 Å². The van der Waals surface area contributed by atoms with Crippen LogP contribution in [0.25, 0.3) is 78.2 Å². The maximum Gasteiger partial charge on any atom is 0.0973 e. The number of hydrogen-bond acceptors (Lipinski definition) is 4. The van der Waals surface area contributed by atoms with Crippen molar-refractivity contribution in [2.24, 2.45) is 0 Å². The van der Waals surface area contributed by atoms with Gasteiger partial charge in [0.1, 0.15) is 0 Å². The molecule has 4 heteroatoms. The van der Waals surface area contributed by atoms with Crippen LogP contribution < -0.4 is 0 Å². The van der Waals surface area contributed by atoms with Crippen LogP contribution in [0.2, 0.25) is 0 Å². The lowest BCUT2D eigenvalue weighted by Crippen LogP contribution is -1.96. The van der Waals surface area contributed by atoms with Gasteiger partial charge in [-0.05, 0) is 35.4 Å². The van der Waals surface area contributed by atoms with E-state index in [-0.39, 0.29) is 0 Å². The van der Waals surface area contributed by atoms with E-state index in [0.717, 1.165) is 78.2 Å². The van der Waals surface area contributed by atoms with Gasteiger partial charge in [0.2, 0.25) is 0 Å². The van der Waals surface area contributed by atoms with Gasteiger partial charge in [0.05, 0.1) is 44.8 Å². The van der Waals surface area contributed by atoms with Crippen LogP contribution in [-0.4, -0.2) is 19.9 Å². The molecule has 8 aromatic rings. The molecule has 2 aromatic heterocycles. The summed E-state index contributed by atoms with van der Waals surface area (Å²) in [5.74, 6) is 0. The van der Waals surface area contributed by atoms with Crippen molar-refractivity contribution < 1.29 is 0 Å². The molecule has 0 bridgehead atoms. The number of nitrogens with zero attached hydrogens (tertiary/aromatic N) is 4. The third kappa shape index (κ3) is 4.79. The van der Waals surface area contributed by atoms with E-state index >= 15 is 0 Å². The van der Waals surface area contributed by atoms with Crippen molar-refractivity contribution in [2.45, 2.75) is 0 Å². The number of aromatic nitrogens is 4. The molecule has 0 radical (unpaired) electrons. The lowest BCUT2D eigenvalue weighted by molar-refractivity contribution is 1.29. The van der Waals surface area contributed by atoms with Crippen molar-refractivity contribution in [3.05, 3.63) is 158 Å². The first kappa shape index (κ1) is 25.7. The molecule has 0 aliphatic heterocycles. The highest BCUT2D eigenvalue weighted by atomic mass is 14.8. The minimum Gasteiger partial charge on any atom is -0.244 e. The fourth-order valence-electron chi connectivity index (χ4n) is 5.64. The van der Waals surface area contributed by atoms with E-state index in [9.17, 15) is 0 Å². The van der Waals surface area contributed by atoms with Gasteiger partial charge in [-0.25, -0.2) is 19.9 Å². The van der Waals surface area contributed by atoms with E-state index in [0.29, 0.717) is 0 Å². The minimum absolute atomic E-state index is 0.875. The monoisotopic (exact) mass is 562 g/mol. The normalized spacial score (nSPS) is 11.2. The zero-order valence-corrected chi connectivity index (χ0v) is 23.8. The van der Waals surface area contributed by atoms with Crippen molar-refractivity contribution in [1.29, 1.82) is 0 Å². The van der Waals surface area contributed by atoms with E-state index in [4.69, 9.17) is 19.9 Å². The van der Waals surface area contributed by atoms with Gasteiger partial charge in [-0.3, -0.25) is 0 Å². The molecule has 0 amide bonds. The van der Waals surface area contributed by atoms with Crippen LogP contribution in [0.15, 0.2) is 158 Å². The van der Waals surface area contributed by atoms with Crippen molar-refractivity contribution in [3.63, 3.8) is 0 Å². The van der Waals surface area contributed by atoms with Crippen LogP contribution in [0.1, 0.15) is 0 Å². The molecule has 0 unspecified atom stereocenters. The number of rotatable bonds is 5. The Balaban J connectivity index is 1.16. The molecule has 4 nitrogen and oxygen atoms in total. The average Bonchev–Trinajstić information content (AvgIpc) is 3.11. The molecule has 0 aliphatic rings. The van der Waals surface area contributed by atoms with Gasteiger partial charge in [0.25, 0.3) is 0 Å². The summed E-state index contributed by atoms with van der Waals surface area (Å²) in [6.07, 6.45) is 0. The molecule has 0 saturated carbocycles. The fraction of sp³-hybridized carbons (Fsp3) is 0. The Morgan fingerprint density at radius 1 is 0.205 bits per heavy atom. The molecule has 206 valence electrons. The maximum atomic E-state index is 5.05. The highest BCUT2D eigenvalue weighted by Crippen LogP contribution is 2.34. The Morgan fingerprint density at radius 3 is 0.727 bits per heavy atom. The molecule has 2 heterocycles. The zero-order valence-electron chi connectivity index (χ0n) is 23.8. The third-order valence-corrected chi connectivity index (χ3v) is 7.89. The van der Waals surface area contributed by atoms with E-state index in [2.05, 4.69) is 72.8 Å². The quantitative estimate of drug-likeness (QED) is 0.209. The molecule has 0 N–H and O–H groups in total. The van der Waals surface area contributed by atoms with Gasteiger partial charge in [0.15, 0.2) is 0 Å². The van der Waals surface area contributed by atoms with E-state index < -0.39 is 0 Å². The topological polar surface area (TPSA) is 51.6 Å². The van der Waals surface area contributed by atoms with E-state index in [1.165, 1.54) is 0 Å². The molecule has 8 rings (SSSR count). The maximum absolute atomic E-state index is 5.05. The van der Waals surface area contributed by atoms with E-state index in [1.54, 1.807) is 0 Å². The Bertz CT molecular complexity index is 2080. The molecule has 0 fully saturated rings. The van der Waals surface area contributed by atoms with Crippen LogP contribution in [0.4, 0.5) is 0 Å². The van der Waals surface area contributed by atoms with Crippen molar-refractivity contribution in [1.82, 2.24) is 19.9 Å². The lowest BCUT2D eigenvalue weighted by atomic mass is 9.98. The summed E-state index contributed by atoms with van der Waals surface area (Å²) >= 11 is 0. The Hall–Kier alpha value is -6.00. The number of hydrogen-bond donors (Lipinski definition) is 0. The molecular weight excluding hydrogens is 536 g/mol. The van der Waals surface area contributed by atoms with Crippen molar-refractivity contribution in [3.8, 4) is 56.2 Å². The predicted molar refractivity (Wildman–Crippen MR) is 180 cm³/mol. The van der Waals surface area contributed by atoms with Gasteiger partial charge in [-0.1, -0.05) is 133 Å². The van der Waals surface area contributed by atoms with Crippen LogP contribution >= 0.6 is 0 Å². The second-order valence-corrected chi connectivity index (χ2v) is 10.7. The minimum atomic E-state index is 0.875. The standard InChI is InChI=1S/C40H26N4/c1-3-11-29(12-4-1)37-39(43-35-17-9-7-15-33(35)41-37)31-23-19-27(20-24-31)28-21-25-32(26-22-28)40-38(30-13-5-2-6-14-30)42-34-16-8-10-18-36(34)44-40/h1-26H. The zero-order chi connectivity index (χ0) is 29.3. The number of fused-ring (bicyclic) bond motifs is 2. The van der Waals surface area contributed by atoms with Gasteiger partial charge in [0, 0.05) is 22.3 Å². The highest BCUT2D eigenvalue weighted by molar-refractivity contribution is 5.88. The van der Waals surface area contributed by atoms with Gasteiger partial charge in [-0.15, -0.1) is 0 Å². The van der Waals surface area contributed by atoms with Crippen LogP contribution in [-0.2, 0) is 0 Å². The first-order chi connectivity index (χ1) is 21.8. The summed E-state index contributed by atoms with van der Waals surface area (Å²) in [4.78, 5) is 20.1. The summed E-state index contributed by atoms with van der Waals surface area (Å²) in [5, 5.41) is 0. The van der Waals surface area contributed by atoms with Gasteiger partial charge < -0.3 is 0 Å². The Kier molecular flexibility index (Phi) is 6.43. The summed E-state index contributed by atoms with van der Waals surface area (Å²) in [7, 11) is 0. The molecule has 0 saturated heterocycles. The number of benzene rings is 6. The largest absolute Gasteiger partial charge is 0.244 e. The lowest BCUT2D eigenvalue weighted by Gasteiger charge is -2.12. The second kappa shape index (κ2) is 11.0. The smallest absolute Gasteiger partial charge is 0.0973 e. The third-order valence-electron chi connectivity index (χ3n) is 7.89. The predicted octanol–water partition coefficient (Wildman–Crippen LogP) is 9.91. The Morgan fingerprint density at radius 2 is 0.432 bits per heavy atom. The first-order valence-electron chi connectivity index (χ1n) is 14.7. The van der Waals surface area contributed by atoms with Crippen LogP contribution in [0, 0.1) is 0 Å². The summed E-state index contributed by atoms with van der Waals surface area (Å²) < 4.78 is 0.